The van der Waals surface area contributed by atoms with Crippen LogP contribution < -0.4 is 5.32 Å². The van der Waals surface area contributed by atoms with E-state index >= 15 is 0 Å². The Balaban J connectivity index is 2.64. The first kappa shape index (κ1) is 16.0. The molecule has 0 atom stereocenters. The molecule has 0 spiro atoms. The quantitative estimate of drug-likeness (QED) is 0.477. The maximum Gasteiger partial charge on any atom is 0.305 e. The van der Waals surface area contributed by atoms with Crippen molar-refractivity contribution in [1.82, 2.24) is 5.32 Å². The Bertz CT molecular complexity index is 630. The zero-order valence-electron chi connectivity index (χ0n) is 10.6. The number of sulfone groups is 1. The number of halogens is 1. The molecule has 1 rings (SSSR count). The molecule has 20 heavy (non-hydrogen) atoms. The number of hydrogen-bond donors (Lipinski definition) is 1. The fraction of sp³-hybridized carbons (Fsp3) is 0.364. The maximum absolute atomic E-state index is 13.1. The van der Waals surface area contributed by atoms with Gasteiger partial charge in [0.25, 0.3) is 5.91 Å². The molecule has 9 heteroatoms. The molecule has 7 nitrogen and oxygen atoms in total. The second kappa shape index (κ2) is 6.42. The van der Waals surface area contributed by atoms with Crippen molar-refractivity contribution in [2.24, 2.45) is 0 Å². The molecule has 0 aliphatic rings. The molecule has 0 bridgehead atoms. The minimum Gasteiger partial charge on any atom is -0.352 e. The van der Waals surface area contributed by atoms with Gasteiger partial charge in [-0.2, -0.15) is 4.39 Å². The lowest BCUT2D eigenvalue weighted by atomic mass is 10.2. The minimum absolute atomic E-state index is 0.0579. The molecule has 0 saturated carbocycles. The lowest BCUT2D eigenvalue weighted by Gasteiger charge is -2.05. The van der Waals surface area contributed by atoms with E-state index in [4.69, 9.17) is 0 Å². The van der Waals surface area contributed by atoms with Crippen LogP contribution in [0.1, 0.15) is 16.8 Å². The molecule has 1 N–H and O–H groups in total. The van der Waals surface area contributed by atoms with E-state index in [1.807, 2.05) is 0 Å². The third-order valence-corrected chi connectivity index (χ3v) is 3.41. The minimum atomic E-state index is -3.10. The SMILES string of the molecule is CS(=O)(=O)CCCNC(=O)c1ccc(F)c([N+](=O)[O-])c1. The first-order valence-corrected chi connectivity index (χ1v) is 7.66. The summed E-state index contributed by atoms with van der Waals surface area (Å²) in [6.45, 7) is 0.108. The molecular weight excluding hydrogens is 291 g/mol. The number of nitrogens with zero attached hydrogens (tertiary/aromatic N) is 1. The highest BCUT2D eigenvalue weighted by Gasteiger charge is 2.17. The molecule has 0 radical (unpaired) electrons. The number of carbonyl (C=O) groups excluding carboxylic acids is 1. The van der Waals surface area contributed by atoms with Gasteiger partial charge < -0.3 is 5.32 Å². The van der Waals surface area contributed by atoms with Gasteiger partial charge >= 0.3 is 5.69 Å². The van der Waals surface area contributed by atoms with Crippen molar-refractivity contribution in [1.29, 1.82) is 0 Å². The van der Waals surface area contributed by atoms with Gasteiger partial charge in [-0.1, -0.05) is 0 Å². The molecule has 0 heterocycles. The van der Waals surface area contributed by atoms with Crippen molar-refractivity contribution in [2.75, 3.05) is 18.6 Å². The summed E-state index contributed by atoms with van der Waals surface area (Å²) in [5.41, 5.74) is -0.841. The van der Waals surface area contributed by atoms with Gasteiger partial charge in [0.2, 0.25) is 5.82 Å². The number of hydrogen-bond acceptors (Lipinski definition) is 5. The van der Waals surface area contributed by atoms with Crippen molar-refractivity contribution in [2.45, 2.75) is 6.42 Å². The Hall–Kier alpha value is -2.03. The van der Waals surface area contributed by atoms with Crippen LogP contribution in [0.15, 0.2) is 18.2 Å². The van der Waals surface area contributed by atoms with Crippen LogP contribution >= 0.6 is 0 Å². The summed E-state index contributed by atoms with van der Waals surface area (Å²) >= 11 is 0. The third kappa shape index (κ3) is 4.92. The Morgan fingerprint density at radius 2 is 2.10 bits per heavy atom. The Morgan fingerprint density at radius 1 is 1.45 bits per heavy atom. The molecule has 1 aromatic carbocycles. The summed E-state index contributed by atoms with van der Waals surface area (Å²) in [5, 5.41) is 12.9. The molecule has 1 amide bonds. The van der Waals surface area contributed by atoms with E-state index in [1.165, 1.54) is 0 Å². The number of nitro benzene ring substituents is 1. The average molecular weight is 304 g/mol. The maximum atomic E-state index is 13.1. The molecule has 0 fully saturated rings. The molecule has 0 unspecified atom stereocenters. The van der Waals surface area contributed by atoms with Gasteiger partial charge in [0, 0.05) is 24.4 Å². The second-order valence-corrected chi connectivity index (χ2v) is 6.42. The van der Waals surface area contributed by atoms with Crippen LogP contribution in [0.2, 0.25) is 0 Å². The van der Waals surface area contributed by atoms with Gasteiger partial charge in [-0.15, -0.1) is 0 Å². The van der Waals surface area contributed by atoms with E-state index in [2.05, 4.69) is 5.32 Å². The van der Waals surface area contributed by atoms with Gasteiger partial charge in [-0.25, -0.2) is 8.42 Å². The zero-order valence-corrected chi connectivity index (χ0v) is 11.4. The highest BCUT2D eigenvalue weighted by atomic mass is 32.2. The predicted molar refractivity (Wildman–Crippen MR) is 69.7 cm³/mol. The van der Waals surface area contributed by atoms with E-state index in [-0.39, 0.29) is 24.3 Å². The lowest BCUT2D eigenvalue weighted by molar-refractivity contribution is -0.387. The Kier molecular flexibility index (Phi) is 5.14. The molecule has 110 valence electrons. The highest BCUT2D eigenvalue weighted by molar-refractivity contribution is 7.90. The number of rotatable bonds is 6. The van der Waals surface area contributed by atoms with Gasteiger partial charge in [0.05, 0.1) is 10.7 Å². The monoisotopic (exact) mass is 304 g/mol. The van der Waals surface area contributed by atoms with E-state index in [0.29, 0.717) is 0 Å². The zero-order chi connectivity index (χ0) is 15.3. The van der Waals surface area contributed by atoms with Crippen LogP contribution in [0.25, 0.3) is 0 Å². The second-order valence-electron chi connectivity index (χ2n) is 4.16. The number of carbonyl (C=O) groups is 1. The third-order valence-electron chi connectivity index (χ3n) is 2.38. The van der Waals surface area contributed by atoms with Crippen LogP contribution in [-0.4, -0.2) is 37.8 Å². The first-order valence-electron chi connectivity index (χ1n) is 5.60. The van der Waals surface area contributed by atoms with Gasteiger partial charge in [-0.05, 0) is 18.6 Å². The van der Waals surface area contributed by atoms with Crippen molar-refractivity contribution in [3.05, 3.63) is 39.7 Å². The van der Waals surface area contributed by atoms with Crippen LogP contribution in [0.5, 0.6) is 0 Å². The topological polar surface area (TPSA) is 106 Å². The normalized spacial score (nSPS) is 11.1. The molecule has 0 aromatic heterocycles. The predicted octanol–water partition coefficient (Wildman–Crippen LogP) is 0.898. The number of nitrogens with one attached hydrogen (secondary N) is 1. The van der Waals surface area contributed by atoms with Crippen molar-refractivity contribution >= 4 is 21.4 Å². The van der Waals surface area contributed by atoms with E-state index < -0.39 is 32.2 Å². The lowest BCUT2D eigenvalue weighted by Crippen LogP contribution is -2.26. The summed E-state index contributed by atoms with van der Waals surface area (Å²) < 4.78 is 34.8. The van der Waals surface area contributed by atoms with Gasteiger partial charge in [-0.3, -0.25) is 14.9 Å². The van der Waals surface area contributed by atoms with E-state index in [1.54, 1.807) is 0 Å². The Labute approximate surface area is 114 Å². The fourth-order valence-electron chi connectivity index (χ4n) is 1.43. The molecular formula is C11H13FN2O5S. The first-order chi connectivity index (χ1) is 9.20. The smallest absolute Gasteiger partial charge is 0.305 e. The molecule has 0 aliphatic carbocycles. The summed E-state index contributed by atoms with van der Waals surface area (Å²) in [6, 6.07) is 2.79. The largest absolute Gasteiger partial charge is 0.352 e. The molecule has 1 aromatic rings. The highest BCUT2D eigenvalue weighted by Crippen LogP contribution is 2.18. The average Bonchev–Trinajstić information content (AvgIpc) is 2.33. The fourth-order valence-corrected chi connectivity index (χ4v) is 2.10. The van der Waals surface area contributed by atoms with Gasteiger partial charge in [0.15, 0.2) is 0 Å². The van der Waals surface area contributed by atoms with Crippen molar-refractivity contribution in [3.63, 3.8) is 0 Å². The summed E-state index contributed by atoms with van der Waals surface area (Å²) in [5.74, 6) is -1.72. The Morgan fingerprint density at radius 3 is 2.65 bits per heavy atom. The molecule has 0 aliphatic heterocycles. The molecule has 0 saturated heterocycles. The van der Waals surface area contributed by atoms with Crippen LogP contribution in [0.3, 0.4) is 0 Å². The summed E-state index contributed by atoms with van der Waals surface area (Å²) in [6.07, 6.45) is 1.31. The van der Waals surface area contributed by atoms with Crippen molar-refractivity contribution < 1.29 is 22.5 Å². The number of benzene rings is 1. The van der Waals surface area contributed by atoms with Crippen LogP contribution in [0, 0.1) is 15.9 Å². The van der Waals surface area contributed by atoms with E-state index in [9.17, 15) is 27.7 Å². The van der Waals surface area contributed by atoms with Crippen LogP contribution in [-0.2, 0) is 9.84 Å². The number of nitro groups is 1. The van der Waals surface area contributed by atoms with Crippen LogP contribution in [0.4, 0.5) is 10.1 Å². The van der Waals surface area contributed by atoms with E-state index in [0.717, 1.165) is 24.5 Å². The number of amides is 1. The summed E-state index contributed by atoms with van der Waals surface area (Å²) in [4.78, 5) is 21.3. The van der Waals surface area contributed by atoms with Gasteiger partial charge in [0.1, 0.15) is 9.84 Å². The summed E-state index contributed by atoms with van der Waals surface area (Å²) in [7, 11) is -3.10. The standard InChI is InChI=1S/C11H13FN2O5S/c1-20(18,19)6-2-5-13-11(15)8-3-4-9(12)10(7-8)14(16)17/h3-4,7H,2,5-6H2,1H3,(H,13,15). The van der Waals surface area contributed by atoms with Crippen molar-refractivity contribution in [3.8, 4) is 0 Å².